The lowest BCUT2D eigenvalue weighted by molar-refractivity contribution is 0.302. The highest BCUT2D eigenvalue weighted by molar-refractivity contribution is 5.62. The van der Waals surface area contributed by atoms with Gasteiger partial charge in [0.05, 0.1) is 37.3 Å². The SMILES string of the molecule is CCCOc1ncccc1C/C=C(/NCc1nnn(C)n1)c1cc(C)nn1C(C)CC. The van der Waals surface area contributed by atoms with E-state index in [2.05, 4.69) is 63.3 Å². The minimum atomic E-state index is 0.283. The summed E-state index contributed by atoms with van der Waals surface area (Å²) in [5.41, 5.74) is 4.03. The van der Waals surface area contributed by atoms with Crippen LogP contribution < -0.4 is 10.1 Å². The van der Waals surface area contributed by atoms with Gasteiger partial charge < -0.3 is 10.1 Å². The third kappa shape index (κ3) is 5.90. The highest BCUT2D eigenvalue weighted by Crippen LogP contribution is 2.22. The second-order valence-electron chi connectivity index (χ2n) is 7.56. The first-order chi connectivity index (χ1) is 15.0. The van der Waals surface area contributed by atoms with Gasteiger partial charge in [0.1, 0.15) is 0 Å². The molecule has 0 aliphatic carbocycles. The van der Waals surface area contributed by atoms with E-state index in [0.29, 0.717) is 31.3 Å². The van der Waals surface area contributed by atoms with Crippen LogP contribution in [0.2, 0.25) is 0 Å². The average Bonchev–Trinajstić information content (AvgIpc) is 3.37. The highest BCUT2D eigenvalue weighted by Gasteiger charge is 2.16. The third-order valence-electron chi connectivity index (χ3n) is 4.95. The number of aryl methyl sites for hydroxylation is 2. The molecule has 9 nitrogen and oxygen atoms in total. The molecule has 0 spiro atoms. The molecule has 3 rings (SSSR count). The van der Waals surface area contributed by atoms with Gasteiger partial charge in [0.25, 0.3) is 0 Å². The lowest BCUT2D eigenvalue weighted by atomic mass is 10.1. The summed E-state index contributed by atoms with van der Waals surface area (Å²) < 4.78 is 7.91. The number of allylic oxidation sites excluding steroid dienone is 1. The Hall–Kier alpha value is -3.23. The maximum absolute atomic E-state index is 5.83. The van der Waals surface area contributed by atoms with Crippen molar-refractivity contribution in [2.24, 2.45) is 7.05 Å². The van der Waals surface area contributed by atoms with Gasteiger partial charge in [-0.1, -0.05) is 26.0 Å². The van der Waals surface area contributed by atoms with Crippen LogP contribution in [0.5, 0.6) is 5.88 Å². The molecule has 3 aromatic heterocycles. The summed E-state index contributed by atoms with van der Waals surface area (Å²) in [4.78, 5) is 5.87. The predicted octanol–water partition coefficient (Wildman–Crippen LogP) is 3.24. The fourth-order valence-electron chi connectivity index (χ4n) is 3.18. The summed E-state index contributed by atoms with van der Waals surface area (Å²) >= 11 is 0. The van der Waals surface area contributed by atoms with E-state index < -0.39 is 0 Å². The van der Waals surface area contributed by atoms with Crippen molar-refractivity contribution in [2.45, 2.75) is 59.5 Å². The second-order valence-corrected chi connectivity index (χ2v) is 7.56. The quantitative estimate of drug-likeness (QED) is 0.505. The van der Waals surface area contributed by atoms with Crippen LogP contribution in [-0.2, 0) is 20.0 Å². The average molecular weight is 425 g/mol. The molecule has 0 radical (unpaired) electrons. The lowest BCUT2D eigenvalue weighted by Gasteiger charge is -2.17. The Bertz CT molecular complexity index is 1010. The summed E-state index contributed by atoms with van der Waals surface area (Å²) in [5.74, 6) is 1.32. The van der Waals surface area contributed by atoms with Crippen molar-refractivity contribution >= 4 is 5.70 Å². The van der Waals surface area contributed by atoms with Gasteiger partial charge in [0, 0.05) is 17.8 Å². The smallest absolute Gasteiger partial charge is 0.216 e. The molecule has 0 aliphatic rings. The first kappa shape index (κ1) is 22.5. The molecule has 0 aromatic carbocycles. The van der Waals surface area contributed by atoms with Crippen molar-refractivity contribution in [1.29, 1.82) is 0 Å². The van der Waals surface area contributed by atoms with E-state index in [0.717, 1.165) is 35.5 Å². The highest BCUT2D eigenvalue weighted by atomic mass is 16.5. The number of aromatic nitrogens is 7. The Morgan fingerprint density at radius 2 is 2.13 bits per heavy atom. The molecule has 9 heteroatoms. The summed E-state index contributed by atoms with van der Waals surface area (Å²) in [5, 5.41) is 20.5. The molecule has 3 aromatic rings. The summed E-state index contributed by atoms with van der Waals surface area (Å²) in [6, 6.07) is 6.37. The molecule has 0 fully saturated rings. The topological polar surface area (TPSA) is 95.6 Å². The van der Waals surface area contributed by atoms with E-state index in [-0.39, 0.29) is 6.04 Å². The van der Waals surface area contributed by atoms with E-state index in [1.54, 1.807) is 13.2 Å². The van der Waals surface area contributed by atoms with Crippen LogP contribution in [0.3, 0.4) is 0 Å². The molecule has 31 heavy (non-hydrogen) atoms. The molecule has 3 heterocycles. The molecule has 0 amide bonds. The monoisotopic (exact) mass is 424 g/mol. The van der Waals surface area contributed by atoms with Gasteiger partial charge >= 0.3 is 0 Å². The minimum absolute atomic E-state index is 0.283. The maximum atomic E-state index is 5.83. The lowest BCUT2D eigenvalue weighted by Crippen LogP contribution is -2.18. The molecular weight excluding hydrogens is 392 g/mol. The molecule has 1 unspecified atom stereocenters. The van der Waals surface area contributed by atoms with Crippen LogP contribution in [0.4, 0.5) is 0 Å². The van der Waals surface area contributed by atoms with Crippen LogP contribution in [-0.4, -0.2) is 41.6 Å². The van der Waals surface area contributed by atoms with Crippen LogP contribution >= 0.6 is 0 Å². The normalized spacial score (nSPS) is 12.7. The molecule has 0 saturated heterocycles. The number of hydrogen-bond acceptors (Lipinski definition) is 7. The molecule has 0 aliphatic heterocycles. The first-order valence-electron chi connectivity index (χ1n) is 10.8. The zero-order chi connectivity index (χ0) is 22.2. The third-order valence-corrected chi connectivity index (χ3v) is 4.95. The number of tetrazole rings is 1. The standard InChI is InChI=1S/C22H32N8O/c1-6-13-31-22-18(9-8-12-23-22)10-11-19(24-15-21-25-28-29(5)27-21)20-14-16(3)26-30(20)17(4)7-2/h8-9,11-12,14,17,24H,6-7,10,13,15H2,1-5H3/b19-11+. The van der Waals surface area contributed by atoms with Gasteiger partial charge in [-0.2, -0.15) is 9.90 Å². The Morgan fingerprint density at radius 1 is 1.29 bits per heavy atom. The van der Waals surface area contributed by atoms with Crippen LogP contribution in [0.15, 0.2) is 30.5 Å². The van der Waals surface area contributed by atoms with Gasteiger partial charge in [0.2, 0.25) is 5.88 Å². The van der Waals surface area contributed by atoms with E-state index in [4.69, 9.17) is 9.84 Å². The second kappa shape index (κ2) is 10.7. The van der Waals surface area contributed by atoms with Crippen molar-refractivity contribution in [3.05, 3.63) is 53.2 Å². The Balaban J connectivity index is 1.91. The maximum Gasteiger partial charge on any atom is 0.216 e. The van der Waals surface area contributed by atoms with Crippen LogP contribution in [0.25, 0.3) is 5.70 Å². The zero-order valence-corrected chi connectivity index (χ0v) is 19.0. The Kier molecular flexibility index (Phi) is 7.75. The van der Waals surface area contributed by atoms with Gasteiger partial charge in [-0.15, -0.1) is 10.2 Å². The largest absolute Gasteiger partial charge is 0.477 e. The summed E-state index contributed by atoms with van der Waals surface area (Å²) in [6.45, 7) is 9.56. The van der Waals surface area contributed by atoms with Crippen LogP contribution in [0, 0.1) is 6.92 Å². The van der Waals surface area contributed by atoms with Gasteiger partial charge in [-0.05, 0) is 50.5 Å². The van der Waals surface area contributed by atoms with Gasteiger partial charge in [-0.3, -0.25) is 4.68 Å². The number of pyridine rings is 1. The van der Waals surface area contributed by atoms with Gasteiger partial charge in [-0.25, -0.2) is 4.98 Å². The van der Waals surface area contributed by atoms with E-state index in [1.165, 1.54) is 4.80 Å². The van der Waals surface area contributed by atoms with Crippen molar-refractivity contribution < 1.29 is 4.74 Å². The summed E-state index contributed by atoms with van der Waals surface area (Å²) in [6.07, 6.45) is 6.52. The van der Waals surface area contributed by atoms with E-state index in [9.17, 15) is 0 Å². The molecule has 166 valence electrons. The van der Waals surface area contributed by atoms with Crippen molar-refractivity contribution in [3.8, 4) is 5.88 Å². The van der Waals surface area contributed by atoms with Crippen molar-refractivity contribution in [2.75, 3.05) is 6.61 Å². The number of nitrogens with zero attached hydrogens (tertiary/aromatic N) is 7. The minimum Gasteiger partial charge on any atom is -0.477 e. The molecule has 1 N–H and O–H groups in total. The number of rotatable bonds is 11. The van der Waals surface area contributed by atoms with Gasteiger partial charge in [0.15, 0.2) is 5.82 Å². The number of ether oxygens (including phenoxy) is 1. The fourth-order valence-corrected chi connectivity index (χ4v) is 3.18. The van der Waals surface area contributed by atoms with E-state index in [1.807, 2.05) is 19.1 Å². The molecule has 0 bridgehead atoms. The predicted molar refractivity (Wildman–Crippen MR) is 119 cm³/mol. The summed E-state index contributed by atoms with van der Waals surface area (Å²) in [7, 11) is 1.76. The van der Waals surface area contributed by atoms with Crippen molar-refractivity contribution in [3.63, 3.8) is 0 Å². The van der Waals surface area contributed by atoms with Crippen LogP contribution in [0.1, 0.15) is 62.4 Å². The Morgan fingerprint density at radius 3 is 2.84 bits per heavy atom. The Labute approximate surface area is 183 Å². The van der Waals surface area contributed by atoms with E-state index >= 15 is 0 Å². The number of nitrogens with one attached hydrogen (secondary N) is 1. The zero-order valence-electron chi connectivity index (χ0n) is 19.0. The first-order valence-corrected chi connectivity index (χ1v) is 10.8. The fraction of sp³-hybridized carbons (Fsp3) is 0.500. The molecule has 0 saturated carbocycles. The molecular formula is C22H32N8O. The number of hydrogen-bond donors (Lipinski definition) is 1. The molecule has 1 atom stereocenters. The van der Waals surface area contributed by atoms with Crippen molar-refractivity contribution in [1.82, 2.24) is 40.3 Å².